The summed E-state index contributed by atoms with van der Waals surface area (Å²) in [6, 6.07) is 0. The second-order valence-corrected chi connectivity index (χ2v) is 4.15. The van der Waals surface area contributed by atoms with Crippen molar-refractivity contribution >= 4 is 5.97 Å². The fourth-order valence-corrected chi connectivity index (χ4v) is 2.23. The number of carbonyl (C=O) groups excluding carboxylic acids is 1. The minimum absolute atomic E-state index is 0.233. The van der Waals surface area contributed by atoms with Crippen molar-refractivity contribution in [2.45, 2.75) is 19.8 Å². The highest BCUT2D eigenvalue weighted by atomic mass is 16.5. The first-order valence-corrected chi connectivity index (χ1v) is 6.22. The lowest BCUT2D eigenvalue weighted by Crippen LogP contribution is -2.35. The Labute approximate surface area is 102 Å². The molecule has 0 saturated carbocycles. The second-order valence-electron chi connectivity index (χ2n) is 4.15. The summed E-state index contributed by atoms with van der Waals surface area (Å²) in [7, 11) is 0. The third kappa shape index (κ3) is 3.09. The monoisotopic (exact) mass is 237 g/mol. The number of morpholine rings is 1. The quantitative estimate of drug-likeness (QED) is 0.550. The minimum Gasteiger partial charge on any atom is -0.463 e. The lowest BCUT2D eigenvalue weighted by atomic mass is 10.1. The molecule has 4 heteroatoms. The number of ether oxygens (including phenoxy) is 2. The summed E-state index contributed by atoms with van der Waals surface area (Å²) in [5.74, 6) is -0.233. The molecule has 1 aliphatic carbocycles. The van der Waals surface area contributed by atoms with Crippen LogP contribution in [0.1, 0.15) is 19.8 Å². The van der Waals surface area contributed by atoms with E-state index in [1.54, 1.807) is 6.08 Å². The molecule has 4 nitrogen and oxygen atoms in total. The van der Waals surface area contributed by atoms with Gasteiger partial charge in [-0.3, -0.25) is 0 Å². The number of carbonyl (C=O) groups is 1. The highest BCUT2D eigenvalue weighted by Gasteiger charge is 2.21. The molecular weight excluding hydrogens is 218 g/mol. The van der Waals surface area contributed by atoms with Gasteiger partial charge >= 0.3 is 5.97 Å². The highest BCUT2D eigenvalue weighted by molar-refractivity contribution is 5.83. The molecule has 0 aromatic rings. The van der Waals surface area contributed by atoms with E-state index in [2.05, 4.69) is 11.0 Å². The van der Waals surface area contributed by atoms with Gasteiger partial charge in [0.15, 0.2) is 0 Å². The smallest absolute Gasteiger partial charge is 0.331 e. The second kappa shape index (κ2) is 5.87. The first kappa shape index (κ1) is 12.2. The van der Waals surface area contributed by atoms with Crippen molar-refractivity contribution in [2.24, 2.45) is 0 Å². The van der Waals surface area contributed by atoms with Gasteiger partial charge in [-0.2, -0.15) is 0 Å². The van der Waals surface area contributed by atoms with Crippen molar-refractivity contribution in [1.29, 1.82) is 0 Å². The summed E-state index contributed by atoms with van der Waals surface area (Å²) in [6.45, 7) is 5.61. The maximum atomic E-state index is 11.5. The molecule has 0 unspecified atom stereocenters. The lowest BCUT2D eigenvalue weighted by molar-refractivity contribution is -0.137. The first-order valence-electron chi connectivity index (χ1n) is 6.22. The van der Waals surface area contributed by atoms with Crippen LogP contribution in [0.2, 0.25) is 0 Å². The molecule has 1 aliphatic heterocycles. The summed E-state index contributed by atoms with van der Waals surface area (Å²) in [5, 5.41) is 0. The van der Waals surface area contributed by atoms with E-state index in [-0.39, 0.29) is 5.97 Å². The van der Waals surface area contributed by atoms with E-state index in [9.17, 15) is 4.79 Å². The Bertz CT molecular complexity index is 341. The fraction of sp³-hybridized carbons (Fsp3) is 0.615. The molecule has 0 spiro atoms. The predicted octanol–water partition coefficient (Wildman–Crippen LogP) is 1.49. The Hall–Kier alpha value is -1.29. The van der Waals surface area contributed by atoms with Crippen molar-refractivity contribution in [3.63, 3.8) is 0 Å². The first-order chi connectivity index (χ1) is 8.31. The Morgan fingerprint density at radius 3 is 3.00 bits per heavy atom. The molecule has 1 fully saturated rings. The van der Waals surface area contributed by atoms with Crippen molar-refractivity contribution < 1.29 is 14.3 Å². The minimum atomic E-state index is -0.233. The van der Waals surface area contributed by atoms with Gasteiger partial charge < -0.3 is 14.4 Å². The zero-order valence-corrected chi connectivity index (χ0v) is 10.3. The largest absolute Gasteiger partial charge is 0.463 e. The number of hydrogen-bond acceptors (Lipinski definition) is 4. The summed E-state index contributed by atoms with van der Waals surface area (Å²) < 4.78 is 10.3. The van der Waals surface area contributed by atoms with Crippen LogP contribution in [0.4, 0.5) is 0 Å². The molecule has 0 bridgehead atoms. The molecule has 2 rings (SSSR count). The molecule has 0 radical (unpaired) electrons. The third-order valence-corrected chi connectivity index (χ3v) is 3.01. The molecule has 17 heavy (non-hydrogen) atoms. The van der Waals surface area contributed by atoms with Crippen LogP contribution < -0.4 is 0 Å². The van der Waals surface area contributed by atoms with E-state index in [0.717, 1.165) is 44.7 Å². The van der Waals surface area contributed by atoms with Crippen LogP contribution in [0.5, 0.6) is 0 Å². The highest BCUT2D eigenvalue weighted by Crippen LogP contribution is 2.28. The molecule has 0 aromatic carbocycles. The van der Waals surface area contributed by atoms with E-state index in [0.29, 0.717) is 6.61 Å². The van der Waals surface area contributed by atoms with E-state index in [1.165, 1.54) is 5.70 Å². The molecule has 0 atom stereocenters. The van der Waals surface area contributed by atoms with Crippen LogP contribution in [0.15, 0.2) is 23.4 Å². The summed E-state index contributed by atoms with van der Waals surface area (Å²) in [6.07, 6.45) is 5.79. The average Bonchev–Trinajstić information content (AvgIpc) is 2.78. The molecule has 0 N–H and O–H groups in total. The number of allylic oxidation sites excluding steroid dienone is 2. The Kier molecular flexibility index (Phi) is 4.20. The predicted molar refractivity (Wildman–Crippen MR) is 64.4 cm³/mol. The van der Waals surface area contributed by atoms with Crippen molar-refractivity contribution in [3.8, 4) is 0 Å². The lowest BCUT2D eigenvalue weighted by Gasteiger charge is -2.30. The number of nitrogens with zero attached hydrogens (tertiary/aromatic N) is 1. The SMILES string of the molecule is CCOC(=O)/C=C1\CCC=C1N1CCOCC1. The van der Waals surface area contributed by atoms with Gasteiger partial charge in [0.05, 0.1) is 19.8 Å². The van der Waals surface area contributed by atoms with Gasteiger partial charge in [0.25, 0.3) is 0 Å². The van der Waals surface area contributed by atoms with Gasteiger partial charge in [0.2, 0.25) is 0 Å². The van der Waals surface area contributed by atoms with Gasteiger partial charge in [0.1, 0.15) is 0 Å². The van der Waals surface area contributed by atoms with E-state index >= 15 is 0 Å². The van der Waals surface area contributed by atoms with Crippen LogP contribution in [-0.4, -0.2) is 43.8 Å². The molecule has 0 amide bonds. The number of hydrogen-bond donors (Lipinski definition) is 0. The normalized spacial score (nSPS) is 22.8. The molecule has 0 aromatic heterocycles. The number of esters is 1. The van der Waals surface area contributed by atoms with Gasteiger partial charge in [-0.25, -0.2) is 4.79 Å². The van der Waals surface area contributed by atoms with Gasteiger partial charge in [0, 0.05) is 24.9 Å². The Morgan fingerprint density at radius 1 is 1.53 bits per heavy atom. The average molecular weight is 237 g/mol. The maximum absolute atomic E-state index is 11.5. The molecule has 2 aliphatic rings. The van der Waals surface area contributed by atoms with Crippen molar-refractivity contribution in [2.75, 3.05) is 32.9 Å². The Balaban J connectivity index is 2.03. The Morgan fingerprint density at radius 2 is 2.29 bits per heavy atom. The molecular formula is C13H19NO3. The topological polar surface area (TPSA) is 38.8 Å². The van der Waals surface area contributed by atoms with Crippen LogP contribution >= 0.6 is 0 Å². The summed E-state index contributed by atoms with van der Waals surface area (Å²) in [4.78, 5) is 13.8. The molecule has 1 heterocycles. The third-order valence-electron chi connectivity index (χ3n) is 3.01. The standard InChI is InChI=1S/C13H19NO3/c1-2-17-13(15)10-11-4-3-5-12(11)14-6-8-16-9-7-14/h5,10H,2-4,6-9H2,1H3/b11-10+. The maximum Gasteiger partial charge on any atom is 0.331 e. The van der Waals surface area contributed by atoms with Gasteiger partial charge in [-0.15, -0.1) is 0 Å². The van der Waals surface area contributed by atoms with Crippen LogP contribution in [0.3, 0.4) is 0 Å². The zero-order chi connectivity index (χ0) is 12.1. The molecule has 1 saturated heterocycles. The van der Waals surface area contributed by atoms with Gasteiger partial charge in [-0.1, -0.05) is 6.08 Å². The van der Waals surface area contributed by atoms with E-state index < -0.39 is 0 Å². The van der Waals surface area contributed by atoms with Crippen molar-refractivity contribution in [3.05, 3.63) is 23.4 Å². The fourth-order valence-electron chi connectivity index (χ4n) is 2.23. The summed E-state index contributed by atoms with van der Waals surface area (Å²) >= 11 is 0. The number of rotatable bonds is 3. The summed E-state index contributed by atoms with van der Waals surface area (Å²) in [5.41, 5.74) is 2.30. The van der Waals surface area contributed by atoms with Crippen LogP contribution in [0.25, 0.3) is 0 Å². The van der Waals surface area contributed by atoms with E-state index in [4.69, 9.17) is 9.47 Å². The van der Waals surface area contributed by atoms with Crippen molar-refractivity contribution in [1.82, 2.24) is 4.90 Å². The van der Waals surface area contributed by atoms with Crippen LogP contribution in [-0.2, 0) is 14.3 Å². The van der Waals surface area contributed by atoms with E-state index in [1.807, 2.05) is 6.92 Å². The molecule has 94 valence electrons. The van der Waals surface area contributed by atoms with Crippen LogP contribution in [0, 0.1) is 0 Å². The zero-order valence-electron chi connectivity index (χ0n) is 10.3. The van der Waals surface area contributed by atoms with Gasteiger partial charge in [-0.05, 0) is 25.3 Å².